The third-order valence-electron chi connectivity index (χ3n) is 2.19. The minimum atomic E-state index is 0.831. The van der Waals surface area contributed by atoms with Gasteiger partial charge in [-0.3, -0.25) is 0 Å². The van der Waals surface area contributed by atoms with Crippen molar-refractivity contribution in [3.8, 4) is 0 Å². The van der Waals surface area contributed by atoms with Crippen molar-refractivity contribution >= 4 is 7.85 Å². The molecule has 0 aromatic carbocycles. The molecule has 1 aliphatic carbocycles. The number of hydrogen-bond donors (Lipinski definition) is 0. The number of allylic oxidation sites excluding steroid dienone is 2. The molecule has 1 rings (SSSR count). The van der Waals surface area contributed by atoms with E-state index < -0.39 is 0 Å². The van der Waals surface area contributed by atoms with Gasteiger partial charge in [0.15, 0.2) is 0 Å². The third kappa shape index (κ3) is 1.60. The van der Waals surface area contributed by atoms with E-state index in [1.807, 2.05) is 0 Å². The van der Waals surface area contributed by atoms with Crippen molar-refractivity contribution in [1.82, 2.24) is 0 Å². The molecule has 2 atom stereocenters. The zero-order valence-electron chi connectivity index (χ0n) is 6.59. The van der Waals surface area contributed by atoms with Gasteiger partial charge >= 0.3 is 0 Å². The Morgan fingerprint density at radius 3 is 2.33 bits per heavy atom. The van der Waals surface area contributed by atoms with Crippen LogP contribution in [0, 0.1) is 11.8 Å². The molecule has 0 amide bonds. The number of rotatable bonds is 1. The molecular formula is C8H15B. The first-order valence-electron chi connectivity index (χ1n) is 3.88. The number of hydrogen-bond acceptors (Lipinski definition) is 0. The standard InChI is InChI=1S/C8H15B/c1-6(2)7-3-4-8(9)5-7/h3-4,6-8H,5,9H2,1-2H3/t7-,8+/m0/s1. The second-order valence-electron chi connectivity index (χ2n) is 3.51. The topological polar surface area (TPSA) is 0 Å². The van der Waals surface area contributed by atoms with Crippen LogP contribution >= 0.6 is 0 Å². The minimum Gasteiger partial charge on any atom is -0.0931 e. The largest absolute Gasteiger partial charge is 0.110 e. The lowest BCUT2D eigenvalue weighted by molar-refractivity contribution is 0.459. The molecule has 0 unspecified atom stereocenters. The Balaban J connectivity index is 2.41. The Bertz CT molecular complexity index is 116. The van der Waals surface area contributed by atoms with E-state index >= 15 is 0 Å². The molecule has 0 aromatic heterocycles. The predicted octanol–water partition coefficient (Wildman–Crippen LogP) is 1.64. The van der Waals surface area contributed by atoms with Gasteiger partial charge in [0.25, 0.3) is 0 Å². The van der Waals surface area contributed by atoms with Crippen molar-refractivity contribution in [1.29, 1.82) is 0 Å². The molecule has 0 aliphatic heterocycles. The summed E-state index contributed by atoms with van der Waals surface area (Å²) in [4.78, 5) is 0. The van der Waals surface area contributed by atoms with Crippen LogP contribution in [0.4, 0.5) is 0 Å². The van der Waals surface area contributed by atoms with Gasteiger partial charge in [0.05, 0.1) is 0 Å². The quantitative estimate of drug-likeness (QED) is 0.366. The molecule has 1 aliphatic rings. The predicted molar refractivity (Wildman–Crippen MR) is 44.4 cm³/mol. The molecule has 0 heterocycles. The van der Waals surface area contributed by atoms with Crippen LogP contribution in [-0.4, -0.2) is 7.85 Å². The Kier molecular flexibility index (Phi) is 1.99. The zero-order chi connectivity index (χ0) is 6.85. The fourth-order valence-corrected chi connectivity index (χ4v) is 1.41. The second kappa shape index (κ2) is 2.59. The first-order chi connectivity index (χ1) is 4.20. The molecule has 1 heteroatoms. The normalized spacial score (nSPS) is 34.1. The van der Waals surface area contributed by atoms with Gasteiger partial charge in [-0.25, -0.2) is 0 Å². The highest BCUT2D eigenvalue weighted by Gasteiger charge is 2.17. The van der Waals surface area contributed by atoms with Crippen LogP contribution in [0.5, 0.6) is 0 Å². The van der Waals surface area contributed by atoms with Crippen molar-refractivity contribution in [3.63, 3.8) is 0 Å². The van der Waals surface area contributed by atoms with Crippen LogP contribution < -0.4 is 0 Å². The average molecular weight is 122 g/mol. The van der Waals surface area contributed by atoms with Crippen LogP contribution in [0.15, 0.2) is 12.2 Å². The lowest BCUT2D eigenvalue weighted by atomic mass is 9.83. The van der Waals surface area contributed by atoms with Gasteiger partial charge in [0.2, 0.25) is 0 Å². The third-order valence-corrected chi connectivity index (χ3v) is 2.19. The van der Waals surface area contributed by atoms with Crippen molar-refractivity contribution in [2.75, 3.05) is 0 Å². The van der Waals surface area contributed by atoms with E-state index in [0.29, 0.717) is 0 Å². The molecule has 0 spiro atoms. The molecule has 9 heavy (non-hydrogen) atoms. The van der Waals surface area contributed by atoms with Gasteiger partial charge in [0, 0.05) is 0 Å². The first-order valence-corrected chi connectivity index (χ1v) is 3.88. The Morgan fingerprint density at radius 1 is 1.44 bits per heavy atom. The summed E-state index contributed by atoms with van der Waals surface area (Å²) in [5.74, 6) is 2.53. The molecule has 0 saturated carbocycles. The maximum Gasteiger partial charge on any atom is 0.110 e. The summed E-state index contributed by atoms with van der Waals surface area (Å²) in [6, 6.07) is 0. The Hall–Kier alpha value is -0.195. The maximum absolute atomic E-state index is 2.37. The van der Waals surface area contributed by atoms with E-state index in [2.05, 4.69) is 33.8 Å². The lowest BCUT2D eigenvalue weighted by Gasteiger charge is -2.12. The molecule has 0 bridgehead atoms. The van der Waals surface area contributed by atoms with E-state index in [4.69, 9.17) is 0 Å². The van der Waals surface area contributed by atoms with Crippen molar-refractivity contribution in [3.05, 3.63) is 12.2 Å². The maximum atomic E-state index is 2.37. The van der Waals surface area contributed by atoms with Crippen molar-refractivity contribution in [2.45, 2.75) is 26.1 Å². The summed E-state index contributed by atoms with van der Waals surface area (Å²) in [7, 11) is 2.29. The highest BCUT2D eigenvalue weighted by atomic mass is 14.2. The SMILES string of the molecule is B[C@@H]1C=C[C@H](C(C)C)C1. The molecular weight excluding hydrogens is 107 g/mol. The summed E-state index contributed by atoms with van der Waals surface area (Å²) in [5, 5.41) is 0. The van der Waals surface area contributed by atoms with Gasteiger partial charge < -0.3 is 0 Å². The van der Waals surface area contributed by atoms with Gasteiger partial charge in [-0.15, -0.1) is 0 Å². The first kappa shape index (κ1) is 6.92. The van der Waals surface area contributed by atoms with E-state index in [9.17, 15) is 0 Å². The van der Waals surface area contributed by atoms with E-state index in [1.165, 1.54) is 6.42 Å². The Labute approximate surface area is 58.8 Å². The highest BCUT2D eigenvalue weighted by Crippen LogP contribution is 2.30. The monoisotopic (exact) mass is 122 g/mol. The van der Waals surface area contributed by atoms with Gasteiger partial charge in [-0.05, 0) is 18.3 Å². The molecule has 0 aromatic rings. The lowest BCUT2D eigenvalue weighted by Crippen LogP contribution is -2.02. The zero-order valence-corrected chi connectivity index (χ0v) is 6.59. The summed E-state index contributed by atoms with van der Waals surface area (Å²) in [6.45, 7) is 4.60. The summed E-state index contributed by atoms with van der Waals surface area (Å²) < 4.78 is 0. The van der Waals surface area contributed by atoms with Crippen LogP contribution in [0.3, 0.4) is 0 Å². The molecule has 50 valence electrons. The van der Waals surface area contributed by atoms with Gasteiger partial charge in [-0.1, -0.05) is 31.8 Å². The van der Waals surface area contributed by atoms with Crippen LogP contribution in [0.1, 0.15) is 20.3 Å². The van der Waals surface area contributed by atoms with E-state index in [1.54, 1.807) is 0 Å². The van der Waals surface area contributed by atoms with Crippen LogP contribution in [0.2, 0.25) is 5.82 Å². The minimum absolute atomic E-state index is 0.831. The molecule has 0 fully saturated rings. The van der Waals surface area contributed by atoms with Gasteiger partial charge in [0.1, 0.15) is 7.85 Å². The molecule has 0 nitrogen and oxygen atoms in total. The fraction of sp³-hybridized carbons (Fsp3) is 0.750. The fourth-order valence-electron chi connectivity index (χ4n) is 1.41. The summed E-state index contributed by atoms with van der Waals surface area (Å²) in [6.07, 6.45) is 6.08. The van der Waals surface area contributed by atoms with Crippen LogP contribution in [0.25, 0.3) is 0 Å². The van der Waals surface area contributed by atoms with Gasteiger partial charge in [-0.2, -0.15) is 0 Å². The van der Waals surface area contributed by atoms with E-state index in [-0.39, 0.29) is 0 Å². The summed E-state index contributed by atoms with van der Waals surface area (Å²) >= 11 is 0. The average Bonchev–Trinajstić information content (AvgIpc) is 2.14. The summed E-state index contributed by atoms with van der Waals surface area (Å²) in [5.41, 5.74) is 0. The molecule has 0 N–H and O–H groups in total. The molecule has 0 saturated heterocycles. The van der Waals surface area contributed by atoms with Crippen molar-refractivity contribution < 1.29 is 0 Å². The van der Waals surface area contributed by atoms with Crippen molar-refractivity contribution in [2.24, 2.45) is 11.8 Å². The van der Waals surface area contributed by atoms with Crippen LogP contribution in [-0.2, 0) is 0 Å². The molecule has 0 radical (unpaired) electrons. The highest BCUT2D eigenvalue weighted by molar-refractivity contribution is 6.13. The second-order valence-corrected chi connectivity index (χ2v) is 3.51. The smallest absolute Gasteiger partial charge is 0.0931 e. The Morgan fingerprint density at radius 2 is 2.11 bits per heavy atom. The van der Waals surface area contributed by atoms with E-state index in [0.717, 1.165) is 17.7 Å².